The molecule has 2 N–H and O–H groups in total. The van der Waals surface area contributed by atoms with Crippen LogP contribution in [0.1, 0.15) is 19.3 Å². The van der Waals surface area contributed by atoms with Crippen LogP contribution in [-0.2, 0) is 4.79 Å². The molecule has 0 aliphatic carbocycles. The Morgan fingerprint density at radius 3 is 2.73 bits per heavy atom. The largest absolute Gasteiger partial charge is 0.478 e. The van der Waals surface area contributed by atoms with E-state index in [0.717, 1.165) is 43.1 Å². The van der Waals surface area contributed by atoms with Crippen LogP contribution in [0.2, 0.25) is 0 Å². The van der Waals surface area contributed by atoms with Crippen LogP contribution in [0.3, 0.4) is 0 Å². The van der Waals surface area contributed by atoms with Crippen LogP contribution >= 0.6 is 12.0 Å². The maximum atomic E-state index is 9.96. The average molecular weight is 176 g/mol. The predicted molar refractivity (Wildman–Crippen MR) is 45.7 cm³/mol. The molecule has 64 valence electrons. The molecule has 0 atom stereocenters. The first-order valence-corrected chi connectivity index (χ1v) is 4.37. The molecule has 0 saturated carbocycles. The van der Waals surface area contributed by atoms with Crippen molar-refractivity contribution in [3.8, 4) is 0 Å². The minimum atomic E-state index is -0.901. The highest BCUT2D eigenvalue weighted by molar-refractivity contribution is 7.93. The summed E-state index contributed by atoms with van der Waals surface area (Å²) in [6, 6.07) is 0. The summed E-state index contributed by atoms with van der Waals surface area (Å²) in [6.07, 6.45) is 5.39. The fourth-order valence-corrected chi connectivity index (χ4v) is 0.946. The van der Waals surface area contributed by atoms with E-state index in [1.807, 2.05) is 0 Å². The minimum absolute atomic E-state index is 0.723. The fourth-order valence-electron chi connectivity index (χ4n) is 0.613. The van der Waals surface area contributed by atoms with Gasteiger partial charge in [-0.2, -0.15) is 0 Å². The van der Waals surface area contributed by atoms with Gasteiger partial charge in [0.15, 0.2) is 0 Å². The number of hydrogen-bond donors (Lipinski definition) is 2. The molecule has 0 rings (SSSR count). The molecule has 0 amide bonds. The SMILES string of the molecule is O=C(O)C=CCCCCSO. The normalized spacial score (nSPS) is 10.6. The lowest BCUT2D eigenvalue weighted by Crippen LogP contribution is -1.85. The number of hydrogen-bond acceptors (Lipinski definition) is 3. The molecule has 0 unspecified atom stereocenters. The van der Waals surface area contributed by atoms with Crippen molar-refractivity contribution in [3.63, 3.8) is 0 Å². The number of carboxylic acids is 1. The Bertz CT molecular complexity index is 134. The van der Waals surface area contributed by atoms with Gasteiger partial charge in [-0.15, -0.1) is 0 Å². The molecule has 0 bridgehead atoms. The molecule has 0 spiro atoms. The van der Waals surface area contributed by atoms with Gasteiger partial charge in [-0.05, 0) is 31.3 Å². The molecule has 0 aliphatic rings. The van der Waals surface area contributed by atoms with Gasteiger partial charge in [-0.3, -0.25) is 0 Å². The first-order valence-electron chi connectivity index (χ1n) is 3.43. The summed E-state index contributed by atoms with van der Waals surface area (Å²) in [5.74, 6) is -0.178. The molecule has 0 aliphatic heterocycles. The number of allylic oxidation sites excluding steroid dienone is 1. The zero-order chi connectivity index (χ0) is 8.53. The molecule has 0 saturated heterocycles. The number of unbranched alkanes of at least 4 members (excludes halogenated alkanes) is 2. The fraction of sp³-hybridized carbons (Fsp3) is 0.571. The van der Waals surface area contributed by atoms with Crippen molar-refractivity contribution in [2.45, 2.75) is 19.3 Å². The number of carbonyl (C=O) groups is 1. The predicted octanol–water partition coefficient (Wildman–Crippen LogP) is 2.00. The smallest absolute Gasteiger partial charge is 0.327 e. The van der Waals surface area contributed by atoms with Gasteiger partial charge in [0.1, 0.15) is 0 Å². The highest BCUT2D eigenvalue weighted by Gasteiger charge is 1.87. The van der Waals surface area contributed by atoms with E-state index in [1.54, 1.807) is 6.08 Å². The molecule has 0 heterocycles. The Balaban J connectivity index is 3.07. The summed E-state index contributed by atoms with van der Waals surface area (Å²) >= 11 is 0.826. The summed E-state index contributed by atoms with van der Waals surface area (Å²) in [7, 11) is 0. The average Bonchev–Trinajstić information content (AvgIpc) is 1.96. The van der Waals surface area contributed by atoms with Crippen molar-refractivity contribution in [1.82, 2.24) is 0 Å². The Hall–Kier alpha value is -0.480. The van der Waals surface area contributed by atoms with Crippen molar-refractivity contribution < 1.29 is 14.5 Å². The summed E-state index contributed by atoms with van der Waals surface area (Å²) in [4.78, 5) is 9.96. The zero-order valence-electron chi connectivity index (χ0n) is 6.19. The van der Waals surface area contributed by atoms with Crippen molar-refractivity contribution in [2.75, 3.05) is 5.75 Å². The number of carboxylic acid groups (broad SMARTS) is 1. The second kappa shape index (κ2) is 7.63. The first-order chi connectivity index (χ1) is 5.27. The molecule has 11 heavy (non-hydrogen) atoms. The van der Waals surface area contributed by atoms with Gasteiger partial charge in [0.05, 0.1) is 0 Å². The van der Waals surface area contributed by atoms with Crippen molar-refractivity contribution >= 4 is 18.0 Å². The topological polar surface area (TPSA) is 57.5 Å². The molecule has 0 fully saturated rings. The molecule has 0 radical (unpaired) electrons. The van der Waals surface area contributed by atoms with Gasteiger partial charge in [0.25, 0.3) is 0 Å². The number of rotatable bonds is 6. The third-order valence-electron chi connectivity index (χ3n) is 1.12. The van der Waals surface area contributed by atoms with Crippen LogP contribution in [0.15, 0.2) is 12.2 Å². The quantitative estimate of drug-likeness (QED) is 0.369. The van der Waals surface area contributed by atoms with Gasteiger partial charge in [-0.25, -0.2) is 4.79 Å². The van der Waals surface area contributed by atoms with Gasteiger partial charge < -0.3 is 9.66 Å². The van der Waals surface area contributed by atoms with Crippen LogP contribution in [0.5, 0.6) is 0 Å². The van der Waals surface area contributed by atoms with Crippen LogP contribution in [0, 0.1) is 0 Å². The third-order valence-corrected chi connectivity index (χ3v) is 1.59. The van der Waals surface area contributed by atoms with E-state index in [1.165, 1.54) is 0 Å². The van der Waals surface area contributed by atoms with Gasteiger partial charge in [0, 0.05) is 11.8 Å². The first kappa shape index (κ1) is 10.5. The van der Waals surface area contributed by atoms with Gasteiger partial charge in [0.2, 0.25) is 0 Å². The summed E-state index contributed by atoms with van der Waals surface area (Å²) < 4.78 is 8.32. The second-order valence-electron chi connectivity index (χ2n) is 2.07. The van der Waals surface area contributed by atoms with Gasteiger partial charge >= 0.3 is 5.97 Å². The third kappa shape index (κ3) is 9.52. The molecule has 0 aromatic heterocycles. The standard InChI is InChI=1S/C7H12O3S/c8-7(9)5-3-1-2-4-6-11-10/h3,5,10H,1-2,4,6H2,(H,8,9). The summed E-state index contributed by atoms with van der Waals surface area (Å²) in [5.41, 5.74) is 0. The molecular formula is C7H12O3S. The van der Waals surface area contributed by atoms with E-state index in [0.29, 0.717) is 0 Å². The monoisotopic (exact) mass is 176 g/mol. The van der Waals surface area contributed by atoms with Crippen LogP contribution < -0.4 is 0 Å². The molecule has 0 aromatic carbocycles. The minimum Gasteiger partial charge on any atom is -0.478 e. The van der Waals surface area contributed by atoms with Crippen molar-refractivity contribution in [3.05, 3.63) is 12.2 Å². The van der Waals surface area contributed by atoms with Crippen LogP contribution in [-0.4, -0.2) is 21.4 Å². The van der Waals surface area contributed by atoms with Crippen molar-refractivity contribution in [2.24, 2.45) is 0 Å². The molecule has 0 aromatic rings. The second-order valence-corrected chi connectivity index (χ2v) is 2.74. The van der Waals surface area contributed by atoms with E-state index in [-0.39, 0.29) is 0 Å². The van der Waals surface area contributed by atoms with Crippen LogP contribution in [0.4, 0.5) is 0 Å². The maximum Gasteiger partial charge on any atom is 0.327 e. The highest BCUT2D eigenvalue weighted by atomic mass is 32.2. The van der Waals surface area contributed by atoms with E-state index < -0.39 is 5.97 Å². The van der Waals surface area contributed by atoms with E-state index >= 15 is 0 Å². The van der Waals surface area contributed by atoms with Crippen LogP contribution in [0.25, 0.3) is 0 Å². The van der Waals surface area contributed by atoms with E-state index in [9.17, 15) is 4.79 Å². The summed E-state index contributed by atoms with van der Waals surface area (Å²) in [5, 5.41) is 8.19. The number of aliphatic carboxylic acids is 1. The molecule has 3 nitrogen and oxygen atoms in total. The lowest BCUT2D eigenvalue weighted by molar-refractivity contribution is -0.131. The van der Waals surface area contributed by atoms with Crippen molar-refractivity contribution in [1.29, 1.82) is 0 Å². The highest BCUT2D eigenvalue weighted by Crippen LogP contribution is 2.02. The van der Waals surface area contributed by atoms with E-state index in [4.69, 9.17) is 9.66 Å². The Morgan fingerprint density at radius 2 is 2.18 bits per heavy atom. The molecular weight excluding hydrogens is 164 g/mol. The van der Waals surface area contributed by atoms with Gasteiger partial charge in [-0.1, -0.05) is 6.08 Å². The Morgan fingerprint density at radius 1 is 1.45 bits per heavy atom. The Labute approximate surface area is 70.3 Å². The lowest BCUT2D eigenvalue weighted by Gasteiger charge is -1.91. The Kier molecular flexibility index (Phi) is 7.29. The zero-order valence-corrected chi connectivity index (χ0v) is 7.01. The van der Waals surface area contributed by atoms with E-state index in [2.05, 4.69) is 0 Å². The maximum absolute atomic E-state index is 9.96. The summed E-state index contributed by atoms with van der Waals surface area (Å²) in [6.45, 7) is 0. The lowest BCUT2D eigenvalue weighted by atomic mass is 10.2. The molecule has 4 heteroatoms.